The number of anilines is 1. The van der Waals surface area contributed by atoms with Gasteiger partial charge in [-0.3, -0.25) is 4.98 Å². The van der Waals surface area contributed by atoms with Crippen LogP contribution in [0.15, 0.2) is 42.6 Å². The molecule has 0 radical (unpaired) electrons. The van der Waals surface area contributed by atoms with Gasteiger partial charge >= 0.3 is 0 Å². The highest BCUT2D eigenvalue weighted by Gasteiger charge is 2.13. The van der Waals surface area contributed by atoms with E-state index < -0.39 is 0 Å². The van der Waals surface area contributed by atoms with Crippen molar-refractivity contribution in [3.8, 4) is 16.5 Å². The number of benzene rings is 1. The molecule has 0 fully saturated rings. The topological polar surface area (TPSA) is 59.9 Å². The summed E-state index contributed by atoms with van der Waals surface area (Å²) in [4.78, 5) is 4.25. The maximum atomic E-state index is 13.8. The van der Waals surface area contributed by atoms with Crippen molar-refractivity contribution in [2.24, 2.45) is 0 Å². The number of hydrogen-bond acceptors (Lipinski definition) is 6. The third-order valence-electron chi connectivity index (χ3n) is 3.32. The molecule has 0 aliphatic heterocycles. The van der Waals surface area contributed by atoms with Crippen molar-refractivity contribution in [2.75, 3.05) is 12.4 Å². The van der Waals surface area contributed by atoms with Crippen LogP contribution in [0.4, 0.5) is 9.52 Å². The van der Waals surface area contributed by atoms with E-state index in [9.17, 15) is 4.39 Å². The Kier molecular flexibility index (Phi) is 4.47. The van der Waals surface area contributed by atoms with E-state index in [-0.39, 0.29) is 17.6 Å². The van der Waals surface area contributed by atoms with E-state index in [1.54, 1.807) is 12.3 Å². The fourth-order valence-electron chi connectivity index (χ4n) is 2.09. The second kappa shape index (κ2) is 6.70. The number of halogens is 1. The molecule has 1 N–H and O–H groups in total. The fourth-order valence-corrected chi connectivity index (χ4v) is 2.90. The molecule has 3 rings (SSSR count). The van der Waals surface area contributed by atoms with E-state index in [1.165, 1.54) is 24.5 Å². The minimum Gasteiger partial charge on any atom is -0.494 e. The van der Waals surface area contributed by atoms with Gasteiger partial charge in [-0.05, 0) is 36.8 Å². The van der Waals surface area contributed by atoms with Gasteiger partial charge in [-0.2, -0.15) is 0 Å². The van der Waals surface area contributed by atoms with E-state index >= 15 is 0 Å². The van der Waals surface area contributed by atoms with Gasteiger partial charge in [-0.25, -0.2) is 4.39 Å². The maximum absolute atomic E-state index is 13.8. The van der Waals surface area contributed by atoms with E-state index in [4.69, 9.17) is 4.74 Å². The minimum absolute atomic E-state index is 0.111. The normalized spacial score (nSPS) is 12.0. The lowest BCUT2D eigenvalue weighted by atomic mass is 10.1. The van der Waals surface area contributed by atoms with Gasteiger partial charge in [0.25, 0.3) is 0 Å². The van der Waals surface area contributed by atoms with E-state index in [2.05, 4.69) is 20.5 Å². The third-order valence-corrected chi connectivity index (χ3v) is 4.20. The largest absolute Gasteiger partial charge is 0.494 e. The van der Waals surface area contributed by atoms with Crippen LogP contribution >= 0.6 is 11.3 Å². The summed E-state index contributed by atoms with van der Waals surface area (Å²) in [6, 6.07) is 10.4. The summed E-state index contributed by atoms with van der Waals surface area (Å²) in [7, 11) is 1.44. The van der Waals surface area contributed by atoms with E-state index in [0.717, 1.165) is 16.3 Å². The molecule has 7 heteroatoms. The van der Waals surface area contributed by atoms with Gasteiger partial charge in [-0.15, -0.1) is 10.2 Å². The Morgan fingerprint density at radius 3 is 2.78 bits per heavy atom. The first-order valence-electron chi connectivity index (χ1n) is 7.02. The van der Waals surface area contributed by atoms with Crippen LogP contribution in [-0.4, -0.2) is 22.3 Å². The van der Waals surface area contributed by atoms with Crippen molar-refractivity contribution < 1.29 is 9.13 Å². The van der Waals surface area contributed by atoms with Gasteiger partial charge in [0.05, 0.1) is 13.2 Å². The van der Waals surface area contributed by atoms with Gasteiger partial charge < -0.3 is 10.1 Å². The molecule has 0 amide bonds. The van der Waals surface area contributed by atoms with Crippen molar-refractivity contribution >= 4 is 16.5 Å². The third kappa shape index (κ3) is 3.45. The van der Waals surface area contributed by atoms with Crippen molar-refractivity contribution in [3.63, 3.8) is 0 Å². The summed E-state index contributed by atoms with van der Waals surface area (Å²) >= 11 is 1.41. The zero-order chi connectivity index (χ0) is 16.2. The number of ether oxygens (including phenoxy) is 1. The van der Waals surface area contributed by atoms with E-state index in [0.29, 0.717) is 5.13 Å². The summed E-state index contributed by atoms with van der Waals surface area (Å²) in [5.74, 6) is -0.153. The Morgan fingerprint density at radius 1 is 1.22 bits per heavy atom. The Hall–Kier alpha value is -2.54. The first-order chi connectivity index (χ1) is 11.2. The number of aromatic nitrogens is 3. The first kappa shape index (κ1) is 15.4. The molecule has 23 heavy (non-hydrogen) atoms. The molecular weight excluding hydrogens is 315 g/mol. The summed E-state index contributed by atoms with van der Waals surface area (Å²) in [6.07, 6.45) is 1.71. The standard InChI is InChI=1S/C16H15FN4OS/c1-10(11-6-7-14(22-2)12(17)9-11)19-16-21-20-15(23-16)13-5-3-4-8-18-13/h3-10H,1-2H3,(H,19,21). The molecule has 118 valence electrons. The van der Waals surface area contributed by atoms with E-state index in [1.807, 2.05) is 31.2 Å². The Labute approximate surface area is 137 Å². The summed E-state index contributed by atoms with van der Waals surface area (Å²) < 4.78 is 18.7. The quantitative estimate of drug-likeness (QED) is 0.768. The molecule has 2 aromatic heterocycles. The zero-order valence-corrected chi connectivity index (χ0v) is 13.5. The molecule has 1 aromatic carbocycles. The van der Waals surface area contributed by atoms with Crippen LogP contribution in [0.1, 0.15) is 18.5 Å². The lowest BCUT2D eigenvalue weighted by Crippen LogP contribution is -2.07. The second-order valence-corrected chi connectivity index (χ2v) is 5.86. The molecule has 2 heterocycles. The smallest absolute Gasteiger partial charge is 0.206 e. The van der Waals surface area contributed by atoms with Crippen molar-refractivity contribution in [1.29, 1.82) is 0 Å². The number of methoxy groups -OCH3 is 1. The van der Waals surface area contributed by atoms with Crippen LogP contribution in [0.3, 0.4) is 0 Å². The highest BCUT2D eigenvalue weighted by atomic mass is 32.1. The zero-order valence-electron chi connectivity index (χ0n) is 12.7. The van der Waals surface area contributed by atoms with Crippen LogP contribution < -0.4 is 10.1 Å². The molecule has 3 aromatic rings. The van der Waals surface area contributed by atoms with Crippen LogP contribution in [-0.2, 0) is 0 Å². The van der Waals surface area contributed by atoms with Crippen molar-refractivity contribution in [1.82, 2.24) is 15.2 Å². The number of pyridine rings is 1. The SMILES string of the molecule is COc1ccc(C(C)Nc2nnc(-c3ccccn3)s2)cc1F. The summed E-state index contributed by atoms with van der Waals surface area (Å²) in [6.45, 7) is 1.93. The van der Waals surface area contributed by atoms with Crippen LogP contribution in [0.5, 0.6) is 5.75 Å². The molecule has 0 aliphatic rings. The fraction of sp³-hybridized carbons (Fsp3) is 0.188. The molecule has 0 bridgehead atoms. The van der Waals surface area contributed by atoms with Crippen molar-refractivity contribution in [2.45, 2.75) is 13.0 Å². The Balaban J connectivity index is 1.74. The molecule has 0 saturated carbocycles. The highest BCUT2D eigenvalue weighted by molar-refractivity contribution is 7.18. The number of hydrogen-bond donors (Lipinski definition) is 1. The summed E-state index contributed by atoms with van der Waals surface area (Å²) in [5.41, 5.74) is 1.58. The summed E-state index contributed by atoms with van der Waals surface area (Å²) in [5, 5.41) is 12.9. The Bertz CT molecular complexity index is 794. The Morgan fingerprint density at radius 2 is 2.09 bits per heavy atom. The molecule has 1 atom stereocenters. The molecular formula is C16H15FN4OS. The van der Waals surface area contributed by atoms with Gasteiger partial charge in [0.15, 0.2) is 16.6 Å². The first-order valence-corrected chi connectivity index (χ1v) is 7.84. The van der Waals surface area contributed by atoms with Crippen molar-refractivity contribution in [3.05, 3.63) is 54.0 Å². The number of nitrogens with zero attached hydrogens (tertiary/aromatic N) is 3. The van der Waals surface area contributed by atoms with Gasteiger partial charge in [0, 0.05) is 6.20 Å². The average Bonchev–Trinajstić information content (AvgIpc) is 3.04. The van der Waals surface area contributed by atoms with Gasteiger partial charge in [0.2, 0.25) is 5.13 Å². The predicted octanol–water partition coefficient (Wildman–Crippen LogP) is 3.92. The number of nitrogens with one attached hydrogen (secondary N) is 1. The van der Waals surface area contributed by atoms with Gasteiger partial charge in [0.1, 0.15) is 5.69 Å². The highest BCUT2D eigenvalue weighted by Crippen LogP contribution is 2.28. The lowest BCUT2D eigenvalue weighted by Gasteiger charge is -2.13. The lowest BCUT2D eigenvalue weighted by molar-refractivity contribution is 0.386. The molecule has 0 saturated heterocycles. The molecule has 5 nitrogen and oxygen atoms in total. The van der Waals surface area contributed by atoms with Crippen LogP contribution in [0.2, 0.25) is 0 Å². The van der Waals surface area contributed by atoms with Crippen LogP contribution in [0, 0.1) is 5.82 Å². The molecule has 0 aliphatic carbocycles. The maximum Gasteiger partial charge on any atom is 0.206 e. The predicted molar refractivity (Wildman–Crippen MR) is 88.1 cm³/mol. The second-order valence-electron chi connectivity index (χ2n) is 4.89. The van der Waals surface area contributed by atoms with Crippen LogP contribution in [0.25, 0.3) is 10.7 Å². The monoisotopic (exact) mass is 330 g/mol. The number of rotatable bonds is 5. The molecule has 0 spiro atoms. The molecule has 1 unspecified atom stereocenters. The average molecular weight is 330 g/mol. The minimum atomic E-state index is -0.384. The van der Waals surface area contributed by atoms with Gasteiger partial charge in [-0.1, -0.05) is 23.5 Å².